The summed E-state index contributed by atoms with van der Waals surface area (Å²) in [6, 6.07) is 35.1. The first-order chi connectivity index (χ1) is 17.3. The van der Waals surface area contributed by atoms with Crippen LogP contribution in [0.3, 0.4) is 0 Å². The van der Waals surface area contributed by atoms with Gasteiger partial charge in [-0.15, -0.1) is 0 Å². The number of benzene rings is 4. The number of para-hydroxylation sites is 2. The van der Waals surface area contributed by atoms with Crippen molar-refractivity contribution >= 4 is 33.1 Å². The lowest BCUT2D eigenvalue weighted by Crippen LogP contribution is -1.99. The number of aromatic nitrogens is 3. The molecule has 3 heterocycles. The number of rotatable bonds is 3. The van der Waals surface area contributed by atoms with Crippen molar-refractivity contribution in [3.8, 4) is 28.2 Å². The fraction of sp³-hybridized carbons (Fsp3) is 0.0323. The third-order valence-electron chi connectivity index (χ3n) is 6.59. The van der Waals surface area contributed by atoms with Crippen molar-refractivity contribution in [2.24, 2.45) is 0 Å². The second kappa shape index (κ2) is 7.67. The Bertz CT molecular complexity index is 1850. The van der Waals surface area contributed by atoms with Gasteiger partial charge in [-0.3, -0.25) is 4.57 Å². The monoisotopic (exact) mass is 451 g/mol. The number of pyridine rings is 1. The van der Waals surface area contributed by atoms with Gasteiger partial charge in [0.25, 0.3) is 0 Å². The van der Waals surface area contributed by atoms with Gasteiger partial charge in [-0.05, 0) is 48.4 Å². The molecule has 35 heavy (non-hydrogen) atoms. The molecule has 0 radical (unpaired) electrons. The molecule has 4 heteroatoms. The van der Waals surface area contributed by atoms with Crippen LogP contribution in [0.2, 0.25) is 0 Å². The molecule has 166 valence electrons. The number of nitrogens with zero attached hydrogens (tertiary/aromatic N) is 3. The topological polar surface area (TPSA) is 43.9 Å². The van der Waals surface area contributed by atoms with Gasteiger partial charge in [0.1, 0.15) is 16.7 Å². The van der Waals surface area contributed by atoms with Gasteiger partial charge < -0.3 is 4.42 Å². The molecular weight excluding hydrogens is 430 g/mol. The van der Waals surface area contributed by atoms with Crippen LogP contribution in [0.15, 0.2) is 114 Å². The van der Waals surface area contributed by atoms with E-state index in [9.17, 15) is 0 Å². The highest BCUT2D eigenvalue weighted by Gasteiger charge is 2.21. The van der Waals surface area contributed by atoms with Crippen LogP contribution >= 0.6 is 0 Å². The number of furan rings is 1. The smallest absolute Gasteiger partial charge is 0.164 e. The first-order valence-corrected chi connectivity index (χ1v) is 11.7. The van der Waals surface area contributed by atoms with E-state index in [4.69, 9.17) is 14.4 Å². The molecule has 0 N–H and O–H groups in total. The second-order valence-corrected chi connectivity index (χ2v) is 8.77. The number of fused-ring (bicyclic) bond motifs is 4. The molecule has 3 aromatic heterocycles. The normalized spacial score (nSPS) is 11.6. The zero-order chi connectivity index (χ0) is 23.4. The van der Waals surface area contributed by atoms with Gasteiger partial charge in [-0.2, -0.15) is 0 Å². The summed E-state index contributed by atoms with van der Waals surface area (Å²) in [6.07, 6.45) is 1.93. The zero-order valence-corrected chi connectivity index (χ0v) is 19.1. The second-order valence-electron chi connectivity index (χ2n) is 8.77. The minimum Gasteiger partial charge on any atom is -0.455 e. The SMILES string of the molecule is Cc1ccc(-c2nc3cc(-c4ccccc4)cnc3n2-c2ccccc2)c2oc3ccccc3c12. The van der Waals surface area contributed by atoms with Gasteiger partial charge in [-0.25, -0.2) is 9.97 Å². The Morgan fingerprint density at radius 2 is 1.49 bits per heavy atom. The van der Waals surface area contributed by atoms with E-state index < -0.39 is 0 Å². The first kappa shape index (κ1) is 19.7. The summed E-state index contributed by atoms with van der Waals surface area (Å²) in [4.78, 5) is 10.0. The molecule has 0 spiro atoms. The fourth-order valence-electron chi connectivity index (χ4n) is 4.93. The Kier molecular flexibility index (Phi) is 4.33. The molecule has 0 atom stereocenters. The van der Waals surface area contributed by atoms with Crippen LogP contribution in [0.25, 0.3) is 61.3 Å². The van der Waals surface area contributed by atoms with Crippen LogP contribution in [-0.2, 0) is 0 Å². The molecule has 0 bridgehead atoms. The maximum atomic E-state index is 6.43. The molecule has 0 saturated heterocycles. The van der Waals surface area contributed by atoms with Crippen molar-refractivity contribution < 1.29 is 4.42 Å². The van der Waals surface area contributed by atoms with Crippen LogP contribution in [0.4, 0.5) is 0 Å². The third-order valence-corrected chi connectivity index (χ3v) is 6.59. The van der Waals surface area contributed by atoms with Crippen LogP contribution in [-0.4, -0.2) is 14.5 Å². The summed E-state index contributed by atoms with van der Waals surface area (Å²) in [7, 11) is 0. The summed E-state index contributed by atoms with van der Waals surface area (Å²) in [5, 5.41) is 2.25. The molecule has 7 rings (SSSR count). The Labute approximate surface area is 202 Å². The van der Waals surface area contributed by atoms with Crippen LogP contribution in [0, 0.1) is 6.92 Å². The van der Waals surface area contributed by atoms with Crippen molar-refractivity contribution in [2.45, 2.75) is 6.92 Å². The van der Waals surface area contributed by atoms with Crippen molar-refractivity contribution in [3.63, 3.8) is 0 Å². The first-order valence-electron chi connectivity index (χ1n) is 11.7. The highest BCUT2D eigenvalue weighted by Crippen LogP contribution is 2.39. The molecular formula is C31H21N3O. The average molecular weight is 452 g/mol. The molecule has 4 aromatic carbocycles. The van der Waals surface area contributed by atoms with Crippen LogP contribution < -0.4 is 0 Å². The minimum atomic E-state index is 0.813. The third kappa shape index (κ3) is 3.07. The van der Waals surface area contributed by atoms with Crippen LogP contribution in [0.5, 0.6) is 0 Å². The van der Waals surface area contributed by atoms with Crippen LogP contribution in [0.1, 0.15) is 5.56 Å². The molecule has 4 nitrogen and oxygen atoms in total. The van der Waals surface area contributed by atoms with Crippen molar-refractivity contribution in [1.82, 2.24) is 14.5 Å². The lowest BCUT2D eigenvalue weighted by atomic mass is 10.0. The lowest BCUT2D eigenvalue weighted by molar-refractivity contribution is 0.669. The van der Waals surface area contributed by atoms with Gasteiger partial charge in [0, 0.05) is 28.2 Å². The molecule has 0 aliphatic heterocycles. The highest BCUT2D eigenvalue weighted by atomic mass is 16.3. The lowest BCUT2D eigenvalue weighted by Gasteiger charge is -2.10. The minimum absolute atomic E-state index is 0.813. The van der Waals surface area contributed by atoms with Gasteiger partial charge in [-0.1, -0.05) is 72.8 Å². The van der Waals surface area contributed by atoms with Crippen molar-refractivity contribution in [1.29, 1.82) is 0 Å². The summed E-state index contributed by atoms with van der Waals surface area (Å²) < 4.78 is 8.55. The number of aryl methyl sites for hydroxylation is 1. The van der Waals surface area contributed by atoms with E-state index in [0.29, 0.717) is 0 Å². The molecule has 0 amide bonds. The largest absolute Gasteiger partial charge is 0.455 e. The summed E-state index contributed by atoms with van der Waals surface area (Å²) in [5.74, 6) is 0.813. The maximum absolute atomic E-state index is 6.43. The molecule has 0 fully saturated rings. The molecule has 7 aromatic rings. The van der Waals surface area contributed by atoms with Crippen molar-refractivity contribution in [3.05, 3.63) is 115 Å². The summed E-state index contributed by atoms with van der Waals surface area (Å²) >= 11 is 0. The van der Waals surface area contributed by atoms with Gasteiger partial charge in [0.05, 0.1) is 5.56 Å². The van der Waals surface area contributed by atoms with E-state index in [0.717, 1.165) is 61.3 Å². The summed E-state index contributed by atoms with van der Waals surface area (Å²) in [5.41, 5.74) is 8.69. The van der Waals surface area contributed by atoms with E-state index in [2.05, 4.69) is 66.1 Å². The molecule has 0 aliphatic rings. The van der Waals surface area contributed by atoms with Gasteiger partial charge in [0.15, 0.2) is 11.5 Å². The van der Waals surface area contributed by atoms with Crippen molar-refractivity contribution in [2.75, 3.05) is 0 Å². The van der Waals surface area contributed by atoms with E-state index in [1.54, 1.807) is 0 Å². The molecule has 0 unspecified atom stereocenters. The van der Waals surface area contributed by atoms with Gasteiger partial charge in [0.2, 0.25) is 0 Å². The van der Waals surface area contributed by atoms with E-state index in [1.807, 2.05) is 54.7 Å². The standard InChI is InChI=1S/C31H21N3O/c1-20-16-17-25(29-28(20)24-14-8-9-15-27(24)35-29)30-33-26-18-22(21-10-4-2-5-11-21)19-32-31(26)34(30)23-12-6-3-7-13-23/h2-19H,1H3. The Morgan fingerprint density at radius 3 is 2.31 bits per heavy atom. The fourth-order valence-corrected chi connectivity index (χ4v) is 4.93. The maximum Gasteiger partial charge on any atom is 0.164 e. The Hall–Kier alpha value is -4.70. The zero-order valence-electron chi connectivity index (χ0n) is 19.1. The Balaban J connectivity index is 1.56. The number of imidazole rings is 1. The average Bonchev–Trinajstić information content (AvgIpc) is 3.49. The van der Waals surface area contributed by atoms with Gasteiger partial charge >= 0.3 is 0 Å². The van der Waals surface area contributed by atoms with E-state index in [-0.39, 0.29) is 0 Å². The molecule has 0 aliphatic carbocycles. The quantitative estimate of drug-likeness (QED) is 0.274. The van der Waals surface area contributed by atoms with E-state index >= 15 is 0 Å². The predicted molar refractivity (Wildman–Crippen MR) is 142 cm³/mol. The summed E-state index contributed by atoms with van der Waals surface area (Å²) in [6.45, 7) is 2.13. The Morgan fingerprint density at radius 1 is 0.743 bits per heavy atom. The predicted octanol–water partition coefficient (Wildman–Crippen LogP) is 7.96. The number of hydrogen-bond donors (Lipinski definition) is 0. The molecule has 0 saturated carbocycles. The van der Waals surface area contributed by atoms with E-state index in [1.165, 1.54) is 5.56 Å². The highest BCUT2D eigenvalue weighted by molar-refractivity contribution is 6.11. The number of hydrogen-bond acceptors (Lipinski definition) is 3.